The quantitative estimate of drug-likeness (QED) is 0.415. The smallest absolute Gasteiger partial charge is 0.0784 e. The van der Waals surface area contributed by atoms with Crippen LogP contribution in [0.15, 0.2) is 23.3 Å². The van der Waals surface area contributed by atoms with Crippen molar-refractivity contribution in [1.82, 2.24) is 5.43 Å². The summed E-state index contributed by atoms with van der Waals surface area (Å²) in [6, 6.07) is -0.0961. The molecule has 0 saturated carbocycles. The Kier molecular flexibility index (Phi) is 3.03. The predicted molar refractivity (Wildman–Crippen MR) is 49.2 cm³/mol. The molecule has 4 N–H and O–H groups in total. The Morgan fingerprint density at radius 3 is 2.83 bits per heavy atom. The second-order valence-corrected chi connectivity index (χ2v) is 3.15. The molecule has 68 valence electrons. The normalized spacial score (nSPS) is 30.7. The van der Waals surface area contributed by atoms with Gasteiger partial charge in [0.25, 0.3) is 0 Å². The molecule has 0 aromatic heterocycles. The highest BCUT2D eigenvalue weighted by molar-refractivity contribution is 5.36. The topological polar surface area (TPSA) is 58.3 Å². The Labute approximate surface area is 72.9 Å². The van der Waals surface area contributed by atoms with E-state index in [2.05, 4.69) is 5.43 Å². The van der Waals surface area contributed by atoms with Gasteiger partial charge in [-0.05, 0) is 25.8 Å². The largest absolute Gasteiger partial charge is 0.391 e. The summed E-state index contributed by atoms with van der Waals surface area (Å²) < 4.78 is 0. The van der Waals surface area contributed by atoms with Gasteiger partial charge in [0.05, 0.1) is 12.1 Å². The van der Waals surface area contributed by atoms with Crippen LogP contribution in [0.25, 0.3) is 0 Å². The van der Waals surface area contributed by atoms with E-state index in [0.29, 0.717) is 6.42 Å². The molecule has 12 heavy (non-hydrogen) atoms. The van der Waals surface area contributed by atoms with Gasteiger partial charge in [-0.15, -0.1) is 0 Å². The van der Waals surface area contributed by atoms with Crippen LogP contribution in [0.2, 0.25) is 0 Å². The van der Waals surface area contributed by atoms with Crippen LogP contribution in [-0.2, 0) is 0 Å². The molecule has 3 heteroatoms. The number of nitrogens with two attached hydrogens (primary N) is 1. The third-order valence-corrected chi connectivity index (χ3v) is 2.25. The number of hydrogen-bond acceptors (Lipinski definition) is 3. The molecule has 1 aliphatic carbocycles. The molecule has 1 unspecified atom stereocenters. The van der Waals surface area contributed by atoms with E-state index in [-0.39, 0.29) is 12.1 Å². The van der Waals surface area contributed by atoms with E-state index >= 15 is 0 Å². The molecule has 0 aromatic rings. The lowest BCUT2D eigenvalue weighted by molar-refractivity contribution is 0.155. The zero-order chi connectivity index (χ0) is 9.14. The van der Waals surface area contributed by atoms with E-state index in [1.807, 2.05) is 26.0 Å². The maximum absolute atomic E-state index is 9.54. The second kappa shape index (κ2) is 3.85. The number of nitrogens with one attached hydrogen (secondary N) is 1. The zero-order valence-electron chi connectivity index (χ0n) is 7.54. The molecular weight excluding hydrogens is 152 g/mol. The minimum atomic E-state index is -0.374. The molecule has 0 aliphatic heterocycles. The lowest BCUT2D eigenvalue weighted by atomic mass is 10.1. The van der Waals surface area contributed by atoms with E-state index in [4.69, 9.17) is 5.84 Å². The number of hydrogen-bond donors (Lipinski definition) is 3. The van der Waals surface area contributed by atoms with Gasteiger partial charge in [0.15, 0.2) is 0 Å². The number of aliphatic hydroxyl groups is 1. The number of aliphatic hydroxyl groups excluding tert-OH is 1. The van der Waals surface area contributed by atoms with E-state index in [0.717, 1.165) is 5.57 Å². The molecule has 2 atom stereocenters. The Bertz CT molecular complexity index is 221. The van der Waals surface area contributed by atoms with Crippen LogP contribution in [0, 0.1) is 0 Å². The lowest BCUT2D eigenvalue weighted by Crippen LogP contribution is -2.42. The van der Waals surface area contributed by atoms with Crippen LogP contribution < -0.4 is 11.3 Å². The van der Waals surface area contributed by atoms with Gasteiger partial charge in [-0.3, -0.25) is 11.3 Å². The Hall–Kier alpha value is -0.640. The summed E-state index contributed by atoms with van der Waals surface area (Å²) in [5, 5.41) is 9.54. The summed E-state index contributed by atoms with van der Waals surface area (Å²) in [7, 11) is 0. The highest BCUT2D eigenvalue weighted by Crippen LogP contribution is 2.26. The van der Waals surface area contributed by atoms with Crippen molar-refractivity contribution in [3.63, 3.8) is 0 Å². The summed E-state index contributed by atoms with van der Waals surface area (Å²) in [5.41, 5.74) is 4.95. The zero-order valence-corrected chi connectivity index (χ0v) is 7.54. The first-order valence-electron chi connectivity index (χ1n) is 4.17. The first kappa shape index (κ1) is 9.45. The average molecular weight is 168 g/mol. The highest BCUT2D eigenvalue weighted by atomic mass is 16.3. The SMILES string of the molecule is C/C=C\C1=C(C)CC(O)[C@@H]1NN. The van der Waals surface area contributed by atoms with E-state index in [9.17, 15) is 5.11 Å². The third kappa shape index (κ3) is 1.58. The monoisotopic (exact) mass is 168 g/mol. The average Bonchev–Trinajstić information content (AvgIpc) is 2.28. The van der Waals surface area contributed by atoms with Crippen molar-refractivity contribution in [2.75, 3.05) is 0 Å². The number of rotatable bonds is 2. The maximum Gasteiger partial charge on any atom is 0.0784 e. The summed E-state index contributed by atoms with van der Waals surface area (Å²) in [5.74, 6) is 5.33. The molecular formula is C9H16N2O. The van der Waals surface area contributed by atoms with Gasteiger partial charge in [0, 0.05) is 0 Å². The minimum Gasteiger partial charge on any atom is -0.391 e. The van der Waals surface area contributed by atoms with E-state index in [1.165, 1.54) is 5.57 Å². The molecule has 0 amide bonds. The van der Waals surface area contributed by atoms with Gasteiger partial charge in [0.2, 0.25) is 0 Å². The Morgan fingerprint density at radius 1 is 1.67 bits per heavy atom. The predicted octanol–water partition coefficient (Wildman–Crippen LogP) is 0.476. The molecule has 1 rings (SSSR count). The van der Waals surface area contributed by atoms with Gasteiger partial charge >= 0.3 is 0 Å². The molecule has 0 bridgehead atoms. The van der Waals surface area contributed by atoms with E-state index in [1.54, 1.807) is 0 Å². The van der Waals surface area contributed by atoms with Crippen molar-refractivity contribution in [1.29, 1.82) is 0 Å². The van der Waals surface area contributed by atoms with Crippen molar-refractivity contribution >= 4 is 0 Å². The summed E-state index contributed by atoms with van der Waals surface area (Å²) in [6.45, 7) is 3.98. The fourth-order valence-electron chi connectivity index (χ4n) is 1.65. The van der Waals surface area contributed by atoms with Gasteiger partial charge in [-0.2, -0.15) is 0 Å². The molecule has 0 fully saturated rings. The number of allylic oxidation sites excluding steroid dienone is 1. The van der Waals surface area contributed by atoms with Gasteiger partial charge in [-0.25, -0.2) is 0 Å². The van der Waals surface area contributed by atoms with Crippen molar-refractivity contribution < 1.29 is 5.11 Å². The lowest BCUT2D eigenvalue weighted by Gasteiger charge is -2.15. The molecule has 0 aromatic carbocycles. The van der Waals surface area contributed by atoms with E-state index < -0.39 is 0 Å². The first-order chi connectivity index (χ1) is 5.70. The van der Waals surface area contributed by atoms with Crippen LogP contribution in [0.5, 0.6) is 0 Å². The maximum atomic E-state index is 9.54. The van der Waals surface area contributed by atoms with Crippen LogP contribution in [0.1, 0.15) is 20.3 Å². The highest BCUT2D eigenvalue weighted by Gasteiger charge is 2.28. The molecule has 0 saturated heterocycles. The van der Waals surface area contributed by atoms with Crippen LogP contribution >= 0.6 is 0 Å². The summed E-state index contributed by atoms with van der Waals surface area (Å²) in [6.07, 6.45) is 4.30. The Balaban J connectivity index is 2.84. The molecule has 1 aliphatic rings. The standard InChI is InChI=1S/C9H16N2O/c1-3-4-7-6(2)5-8(12)9(7)11-10/h3-4,8-9,11-12H,5,10H2,1-2H3/b4-3-/t8?,9-/m1/s1. The van der Waals surface area contributed by atoms with Crippen LogP contribution in [-0.4, -0.2) is 17.3 Å². The van der Waals surface area contributed by atoms with Gasteiger partial charge in [-0.1, -0.05) is 17.7 Å². The van der Waals surface area contributed by atoms with Crippen molar-refractivity contribution in [2.24, 2.45) is 5.84 Å². The second-order valence-electron chi connectivity index (χ2n) is 3.15. The van der Waals surface area contributed by atoms with Crippen LogP contribution in [0.4, 0.5) is 0 Å². The van der Waals surface area contributed by atoms with Crippen molar-refractivity contribution in [3.05, 3.63) is 23.3 Å². The van der Waals surface area contributed by atoms with Crippen molar-refractivity contribution in [2.45, 2.75) is 32.4 Å². The number of hydrazine groups is 1. The minimum absolute atomic E-state index is 0.0961. The summed E-state index contributed by atoms with van der Waals surface area (Å²) in [4.78, 5) is 0. The van der Waals surface area contributed by atoms with Gasteiger partial charge < -0.3 is 5.11 Å². The Morgan fingerprint density at radius 2 is 2.33 bits per heavy atom. The fourth-order valence-corrected chi connectivity index (χ4v) is 1.65. The molecule has 0 heterocycles. The molecule has 0 spiro atoms. The molecule has 3 nitrogen and oxygen atoms in total. The fraction of sp³-hybridized carbons (Fsp3) is 0.556. The first-order valence-corrected chi connectivity index (χ1v) is 4.17. The summed E-state index contributed by atoms with van der Waals surface area (Å²) >= 11 is 0. The van der Waals surface area contributed by atoms with Crippen LogP contribution in [0.3, 0.4) is 0 Å². The third-order valence-electron chi connectivity index (χ3n) is 2.25. The molecule has 0 radical (unpaired) electrons. The van der Waals surface area contributed by atoms with Gasteiger partial charge in [0.1, 0.15) is 0 Å². The van der Waals surface area contributed by atoms with Crippen molar-refractivity contribution in [3.8, 4) is 0 Å².